The first-order chi connectivity index (χ1) is 8.67. The summed E-state index contributed by atoms with van der Waals surface area (Å²) in [5.74, 6) is 0.828. The molecule has 4 nitrogen and oxygen atoms in total. The summed E-state index contributed by atoms with van der Waals surface area (Å²) in [5, 5.41) is 7.78. The summed E-state index contributed by atoms with van der Waals surface area (Å²) < 4.78 is 7.28. The zero-order valence-corrected chi connectivity index (χ0v) is 12.0. The van der Waals surface area contributed by atoms with Gasteiger partial charge in [-0.25, -0.2) is 0 Å². The number of ether oxygens (including phenoxy) is 1. The van der Waals surface area contributed by atoms with Crippen LogP contribution in [0.5, 0.6) is 5.75 Å². The molecular weight excluding hydrogens is 246 g/mol. The zero-order valence-electron chi connectivity index (χ0n) is 11.2. The first-order valence-corrected chi connectivity index (χ1v) is 6.84. The SMILES string of the molecule is CCNC(c1ccc(C)s1)c1c(OC)cnn1C. The van der Waals surface area contributed by atoms with Crippen LogP contribution in [-0.2, 0) is 7.05 Å². The molecule has 2 rings (SSSR count). The van der Waals surface area contributed by atoms with E-state index in [2.05, 4.69) is 36.4 Å². The second-order valence-corrected chi connectivity index (χ2v) is 5.48. The van der Waals surface area contributed by atoms with E-state index < -0.39 is 0 Å². The lowest BCUT2D eigenvalue weighted by Gasteiger charge is -2.18. The monoisotopic (exact) mass is 265 g/mol. The van der Waals surface area contributed by atoms with E-state index in [4.69, 9.17) is 4.74 Å². The maximum Gasteiger partial charge on any atom is 0.161 e. The Hall–Kier alpha value is -1.33. The van der Waals surface area contributed by atoms with Crippen molar-refractivity contribution in [3.05, 3.63) is 33.8 Å². The molecule has 2 aromatic heterocycles. The molecule has 0 fully saturated rings. The molecule has 0 aliphatic carbocycles. The standard InChI is InChI=1S/C13H19N3OS/c1-5-14-12(11-7-6-9(2)18-11)13-10(17-4)8-15-16(13)3/h6-8,12,14H,5H2,1-4H3. The summed E-state index contributed by atoms with van der Waals surface area (Å²) in [4.78, 5) is 2.60. The van der Waals surface area contributed by atoms with Crippen LogP contribution in [-0.4, -0.2) is 23.4 Å². The molecule has 0 aromatic carbocycles. The lowest BCUT2D eigenvalue weighted by Crippen LogP contribution is -2.24. The third kappa shape index (κ3) is 2.42. The van der Waals surface area contributed by atoms with Crippen molar-refractivity contribution in [2.45, 2.75) is 19.9 Å². The third-order valence-electron chi connectivity index (χ3n) is 2.90. The van der Waals surface area contributed by atoms with Gasteiger partial charge in [0.05, 0.1) is 19.3 Å². The molecule has 0 amide bonds. The summed E-state index contributed by atoms with van der Waals surface area (Å²) >= 11 is 1.80. The van der Waals surface area contributed by atoms with Gasteiger partial charge in [0.25, 0.3) is 0 Å². The lowest BCUT2D eigenvalue weighted by molar-refractivity contribution is 0.401. The largest absolute Gasteiger partial charge is 0.493 e. The maximum absolute atomic E-state index is 5.40. The van der Waals surface area contributed by atoms with Gasteiger partial charge < -0.3 is 10.1 Å². The average molecular weight is 265 g/mol. The minimum Gasteiger partial charge on any atom is -0.493 e. The van der Waals surface area contributed by atoms with E-state index in [9.17, 15) is 0 Å². The van der Waals surface area contributed by atoms with E-state index in [0.717, 1.165) is 18.0 Å². The van der Waals surface area contributed by atoms with Crippen molar-refractivity contribution in [1.82, 2.24) is 15.1 Å². The highest BCUT2D eigenvalue weighted by Gasteiger charge is 2.22. The fraction of sp³-hybridized carbons (Fsp3) is 0.462. The van der Waals surface area contributed by atoms with Crippen LogP contribution in [0.4, 0.5) is 0 Å². The average Bonchev–Trinajstić information content (AvgIpc) is 2.93. The van der Waals surface area contributed by atoms with Gasteiger partial charge in [-0.05, 0) is 25.6 Å². The molecule has 0 radical (unpaired) electrons. The molecule has 0 saturated carbocycles. The molecule has 0 saturated heterocycles. The molecule has 1 unspecified atom stereocenters. The van der Waals surface area contributed by atoms with Crippen LogP contribution >= 0.6 is 11.3 Å². The van der Waals surface area contributed by atoms with Gasteiger partial charge in [-0.3, -0.25) is 4.68 Å². The maximum atomic E-state index is 5.40. The van der Waals surface area contributed by atoms with Crippen LogP contribution in [0, 0.1) is 6.92 Å². The fourth-order valence-electron chi connectivity index (χ4n) is 2.06. The van der Waals surface area contributed by atoms with Crippen molar-refractivity contribution in [2.75, 3.05) is 13.7 Å². The predicted octanol–water partition coefficient (Wildman–Crippen LogP) is 2.50. The van der Waals surface area contributed by atoms with Crippen molar-refractivity contribution < 1.29 is 4.74 Å². The Morgan fingerprint density at radius 2 is 2.28 bits per heavy atom. The van der Waals surface area contributed by atoms with Crippen LogP contribution in [0.1, 0.15) is 28.4 Å². The second-order valence-electron chi connectivity index (χ2n) is 4.16. The van der Waals surface area contributed by atoms with E-state index >= 15 is 0 Å². The smallest absolute Gasteiger partial charge is 0.161 e. The molecule has 0 aliphatic rings. The van der Waals surface area contributed by atoms with Crippen molar-refractivity contribution in [2.24, 2.45) is 7.05 Å². The highest BCUT2D eigenvalue weighted by molar-refractivity contribution is 7.12. The molecule has 2 aromatic rings. The lowest BCUT2D eigenvalue weighted by atomic mass is 10.1. The van der Waals surface area contributed by atoms with Crippen LogP contribution < -0.4 is 10.1 Å². The van der Waals surface area contributed by atoms with Crippen LogP contribution in [0.2, 0.25) is 0 Å². The van der Waals surface area contributed by atoms with E-state index in [1.165, 1.54) is 9.75 Å². The van der Waals surface area contributed by atoms with Gasteiger partial charge in [-0.15, -0.1) is 11.3 Å². The molecule has 0 spiro atoms. The van der Waals surface area contributed by atoms with E-state index in [1.807, 2.05) is 11.7 Å². The van der Waals surface area contributed by atoms with E-state index in [1.54, 1.807) is 24.6 Å². The Balaban J connectivity index is 2.43. The first kappa shape index (κ1) is 13.1. The Morgan fingerprint density at radius 1 is 1.50 bits per heavy atom. The van der Waals surface area contributed by atoms with Crippen molar-refractivity contribution in [3.63, 3.8) is 0 Å². The minimum absolute atomic E-state index is 0.135. The topological polar surface area (TPSA) is 39.1 Å². The second kappa shape index (κ2) is 5.54. The van der Waals surface area contributed by atoms with Gasteiger partial charge in [-0.2, -0.15) is 5.10 Å². The van der Waals surface area contributed by atoms with Gasteiger partial charge in [-0.1, -0.05) is 6.92 Å². The molecule has 5 heteroatoms. The highest BCUT2D eigenvalue weighted by atomic mass is 32.1. The fourth-order valence-corrected chi connectivity index (χ4v) is 3.01. The molecular formula is C13H19N3OS. The number of hydrogen-bond acceptors (Lipinski definition) is 4. The first-order valence-electron chi connectivity index (χ1n) is 6.03. The summed E-state index contributed by atoms with van der Waals surface area (Å²) in [6, 6.07) is 4.45. The number of nitrogens with zero attached hydrogens (tertiary/aromatic N) is 2. The summed E-state index contributed by atoms with van der Waals surface area (Å²) in [6.07, 6.45) is 1.76. The van der Waals surface area contributed by atoms with E-state index in [0.29, 0.717) is 0 Å². The number of methoxy groups -OCH3 is 1. The van der Waals surface area contributed by atoms with E-state index in [-0.39, 0.29) is 6.04 Å². The highest BCUT2D eigenvalue weighted by Crippen LogP contribution is 2.33. The van der Waals surface area contributed by atoms with Crippen LogP contribution in [0.25, 0.3) is 0 Å². The molecule has 98 valence electrons. The molecule has 1 atom stereocenters. The van der Waals surface area contributed by atoms with Gasteiger partial charge in [0.1, 0.15) is 5.69 Å². The Bertz CT molecular complexity index is 518. The number of nitrogens with one attached hydrogen (secondary N) is 1. The van der Waals surface area contributed by atoms with Crippen molar-refractivity contribution in [1.29, 1.82) is 0 Å². The quantitative estimate of drug-likeness (QED) is 0.903. The van der Waals surface area contributed by atoms with Gasteiger partial charge in [0.2, 0.25) is 0 Å². The van der Waals surface area contributed by atoms with Crippen molar-refractivity contribution in [3.8, 4) is 5.75 Å². The van der Waals surface area contributed by atoms with Crippen LogP contribution in [0.15, 0.2) is 18.3 Å². The number of hydrogen-bond donors (Lipinski definition) is 1. The number of aryl methyl sites for hydroxylation is 2. The van der Waals surface area contributed by atoms with Crippen molar-refractivity contribution >= 4 is 11.3 Å². The summed E-state index contributed by atoms with van der Waals surface area (Å²) in [5.41, 5.74) is 1.07. The molecule has 1 N–H and O–H groups in total. The molecule has 2 heterocycles. The van der Waals surface area contributed by atoms with Crippen LogP contribution in [0.3, 0.4) is 0 Å². The van der Waals surface area contributed by atoms with Gasteiger partial charge >= 0.3 is 0 Å². The summed E-state index contributed by atoms with van der Waals surface area (Å²) in [6.45, 7) is 5.13. The number of thiophene rings is 1. The minimum atomic E-state index is 0.135. The Labute approximate surface area is 112 Å². The Morgan fingerprint density at radius 3 is 2.83 bits per heavy atom. The molecule has 18 heavy (non-hydrogen) atoms. The zero-order chi connectivity index (χ0) is 13.1. The molecule has 0 aliphatic heterocycles. The Kier molecular flexibility index (Phi) is 4.04. The van der Waals surface area contributed by atoms with Gasteiger partial charge in [0, 0.05) is 16.8 Å². The number of rotatable bonds is 5. The number of aromatic nitrogens is 2. The molecule has 0 bridgehead atoms. The predicted molar refractivity (Wildman–Crippen MR) is 74.3 cm³/mol. The van der Waals surface area contributed by atoms with Gasteiger partial charge in [0.15, 0.2) is 5.75 Å². The summed E-state index contributed by atoms with van der Waals surface area (Å²) in [7, 11) is 3.63. The third-order valence-corrected chi connectivity index (χ3v) is 3.96. The normalized spacial score (nSPS) is 12.7.